The van der Waals surface area contributed by atoms with E-state index in [0.717, 1.165) is 6.42 Å². The third-order valence-electron chi connectivity index (χ3n) is 4.28. The van der Waals surface area contributed by atoms with Crippen LogP contribution in [0.25, 0.3) is 0 Å². The van der Waals surface area contributed by atoms with Crippen molar-refractivity contribution in [2.45, 2.75) is 24.6 Å². The van der Waals surface area contributed by atoms with E-state index in [1.807, 2.05) is 67.1 Å². The Bertz CT molecular complexity index is 949. The molecule has 0 bridgehead atoms. The minimum atomic E-state index is -0.332. The van der Waals surface area contributed by atoms with Crippen LogP contribution in [0.3, 0.4) is 0 Å². The van der Waals surface area contributed by atoms with Gasteiger partial charge in [-0.25, -0.2) is 0 Å². The maximum atomic E-state index is 12.1. The van der Waals surface area contributed by atoms with E-state index in [9.17, 15) is 4.79 Å². The van der Waals surface area contributed by atoms with Crippen molar-refractivity contribution in [2.75, 3.05) is 12.3 Å². The van der Waals surface area contributed by atoms with E-state index in [2.05, 4.69) is 15.5 Å². The molecule has 0 unspecified atom stereocenters. The van der Waals surface area contributed by atoms with Gasteiger partial charge in [0.05, 0.1) is 10.8 Å². The van der Waals surface area contributed by atoms with Gasteiger partial charge in [-0.05, 0) is 31.0 Å². The average Bonchev–Trinajstić information content (AvgIpc) is 3.09. The third-order valence-corrected chi connectivity index (χ3v) is 5.62. The van der Waals surface area contributed by atoms with Crippen LogP contribution in [0.1, 0.15) is 24.4 Å². The van der Waals surface area contributed by atoms with Crippen molar-refractivity contribution >= 4 is 29.3 Å². The van der Waals surface area contributed by atoms with Crippen LogP contribution in [0.15, 0.2) is 59.8 Å². The van der Waals surface area contributed by atoms with E-state index in [1.54, 1.807) is 6.07 Å². The van der Waals surface area contributed by atoms with Crippen LogP contribution < -0.4 is 10.1 Å². The molecule has 1 aromatic heterocycles. The first-order valence-electron chi connectivity index (χ1n) is 9.28. The van der Waals surface area contributed by atoms with Gasteiger partial charge in [0.25, 0.3) is 0 Å². The number of hydrogen-bond donors (Lipinski definition) is 1. The first-order chi connectivity index (χ1) is 14.0. The highest BCUT2D eigenvalue weighted by Gasteiger charge is 2.18. The summed E-state index contributed by atoms with van der Waals surface area (Å²) < 4.78 is 7.74. The lowest BCUT2D eigenvalue weighted by Gasteiger charge is -2.15. The van der Waals surface area contributed by atoms with E-state index in [-0.39, 0.29) is 17.8 Å². The van der Waals surface area contributed by atoms with Gasteiger partial charge in [-0.2, -0.15) is 0 Å². The van der Waals surface area contributed by atoms with Crippen molar-refractivity contribution in [2.24, 2.45) is 7.05 Å². The lowest BCUT2D eigenvalue weighted by Crippen LogP contribution is -2.27. The fraction of sp³-hybridized carbons (Fsp3) is 0.286. The van der Waals surface area contributed by atoms with E-state index < -0.39 is 0 Å². The molecule has 6 nitrogen and oxygen atoms in total. The zero-order chi connectivity index (χ0) is 20.6. The van der Waals surface area contributed by atoms with Crippen LogP contribution in [0.2, 0.25) is 5.02 Å². The number of amides is 1. The number of thioether (sulfide) groups is 1. The molecule has 0 fully saturated rings. The largest absolute Gasteiger partial charge is 0.481 e. The monoisotopic (exact) mass is 430 g/mol. The molecule has 1 N–H and O–H groups in total. The molecule has 1 amide bonds. The molecular weight excluding hydrogens is 408 g/mol. The zero-order valence-corrected chi connectivity index (χ0v) is 17.9. The molecule has 152 valence electrons. The van der Waals surface area contributed by atoms with Gasteiger partial charge in [0.15, 0.2) is 17.1 Å². The van der Waals surface area contributed by atoms with Gasteiger partial charge in [0.2, 0.25) is 5.91 Å². The highest BCUT2D eigenvalue weighted by Crippen LogP contribution is 2.28. The number of nitrogens with zero attached hydrogens (tertiary/aromatic N) is 3. The fourth-order valence-corrected chi connectivity index (χ4v) is 3.69. The van der Waals surface area contributed by atoms with Gasteiger partial charge < -0.3 is 14.6 Å². The normalized spacial score (nSPS) is 11.8. The number of aromatic nitrogens is 3. The van der Waals surface area contributed by atoms with Crippen LogP contribution in [0.5, 0.6) is 5.75 Å². The first kappa shape index (κ1) is 21.2. The van der Waals surface area contributed by atoms with E-state index in [1.165, 1.54) is 17.3 Å². The molecule has 0 radical (unpaired) electrons. The maximum absolute atomic E-state index is 12.1. The Morgan fingerprint density at radius 3 is 2.66 bits per heavy atom. The van der Waals surface area contributed by atoms with E-state index >= 15 is 0 Å². The molecule has 0 aliphatic heterocycles. The number of halogens is 1. The van der Waals surface area contributed by atoms with Gasteiger partial charge in [-0.15, -0.1) is 10.2 Å². The standard InChI is InChI=1S/C21H23ClN4O2S/c1-15(28-18-11-7-6-10-17(18)22)20-24-25-21(26(20)2)29-14-19(27)23-13-12-16-8-4-3-5-9-16/h3-11,15H,12-14H2,1-2H3,(H,23,27)/t15-/m0/s1. The number of rotatable bonds is 9. The zero-order valence-electron chi connectivity index (χ0n) is 16.3. The predicted octanol–water partition coefficient (Wildman–Crippen LogP) is 4.06. The van der Waals surface area contributed by atoms with E-state index in [4.69, 9.17) is 16.3 Å². The van der Waals surface area contributed by atoms with Crippen molar-refractivity contribution < 1.29 is 9.53 Å². The van der Waals surface area contributed by atoms with Crippen LogP contribution in [-0.4, -0.2) is 33.0 Å². The van der Waals surface area contributed by atoms with Crippen molar-refractivity contribution in [1.82, 2.24) is 20.1 Å². The second-order valence-corrected chi connectivity index (χ2v) is 7.81. The van der Waals surface area contributed by atoms with Gasteiger partial charge in [-0.3, -0.25) is 4.79 Å². The molecule has 8 heteroatoms. The summed E-state index contributed by atoms with van der Waals surface area (Å²) in [7, 11) is 1.86. The van der Waals surface area contributed by atoms with Crippen molar-refractivity contribution in [1.29, 1.82) is 0 Å². The molecule has 0 aliphatic rings. The van der Waals surface area contributed by atoms with Gasteiger partial charge in [-0.1, -0.05) is 65.8 Å². The molecule has 0 saturated heterocycles. The number of carbonyl (C=O) groups is 1. The molecule has 1 heterocycles. The van der Waals surface area contributed by atoms with Crippen LogP contribution in [0.4, 0.5) is 0 Å². The first-order valence-corrected chi connectivity index (χ1v) is 10.6. The second kappa shape index (κ2) is 10.3. The summed E-state index contributed by atoms with van der Waals surface area (Å²) in [5.74, 6) is 1.50. The Balaban J connectivity index is 1.49. The topological polar surface area (TPSA) is 69.0 Å². The van der Waals surface area contributed by atoms with Gasteiger partial charge in [0.1, 0.15) is 5.75 Å². The van der Waals surface area contributed by atoms with Crippen molar-refractivity contribution in [3.8, 4) is 5.75 Å². The minimum Gasteiger partial charge on any atom is -0.481 e. The minimum absolute atomic E-state index is 0.0316. The Morgan fingerprint density at radius 2 is 1.90 bits per heavy atom. The average molecular weight is 431 g/mol. The van der Waals surface area contributed by atoms with Crippen LogP contribution in [0, 0.1) is 0 Å². The maximum Gasteiger partial charge on any atom is 0.230 e. The Labute approximate surface area is 179 Å². The highest BCUT2D eigenvalue weighted by atomic mass is 35.5. The van der Waals surface area contributed by atoms with Crippen molar-refractivity contribution in [3.63, 3.8) is 0 Å². The summed E-state index contributed by atoms with van der Waals surface area (Å²) in [6, 6.07) is 17.4. The number of hydrogen-bond acceptors (Lipinski definition) is 5. The molecular formula is C21H23ClN4O2S. The molecule has 2 aromatic carbocycles. The summed E-state index contributed by atoms with van der Waals surface area (Å²) in [5.41, 5.74) is 1.20. The smallest absolute Gasteiger partial charge is 0.230 e. The van der Waals surface area contributed by atoms with Crippen molar-refractivity contribution in [3.05, 3.63) is 71.0 Å². The number of benzene rings is 2. The van der Waals surface area contributed by atoms with Crippen LogP contribution >= 0.6 is 23.4 Å². The summed E-state index contributed by atoms with van der Waals surface area (Å²) in [5, 5.41) is 12.5. The summed E-state index contributed by atoms with van der Waals surface area (Å²) in [6.45, 7) is 2.49. The van der Waals surface area contributed by atoms with Crippen LogP contribution in [-0.2, 0) is 18.3 Å². The number of ether oxygens (including phenoxy) is 1. The quantitative estimate of drug-likeness (QED) is 0.518. The summed E-state index contributed by atoms with van der Waals surface area (Å²) in [6.07, 6.45) is 0.476. The predicted molar refractivity (Wildman–Crippen MR) is 115 cm³/mol. The van der Waals surface area contributed by atoms with Gasteiger partial charge >= 0.3 is 0 Å². The molecule has 3 rings (SSSR count). The lowest BCUT2D eigenvalue weighted by atomic mass is 10.1. The molecule has 29 heavy (non-hydrogen) atoms. The summed E-state index contributed by atoms with van der Waals surface area (Å²) in [4.78, 5) is 12.1. The molecule has 1 atom stereocenters. The highest BCUT2D eigenvalue weighted by molar-refractivity contribution is 7.99. The third kappa shape index (κ3) is 5.98. The number of para-hydroxylation sites is 1. The molecule has 3 aromatic rings. The SMILES string of the molecule is C[C@H](Oc1ccccc1Cl)c1nnc(SCC(=O)NCCc2ccccc2)n1C. The second-order valence-electron chi connectivity index (χ2n) is 6.46. The number of carbonyl (C=O) groups excluding carboxylic acids is 1. The Kier molecular flexibility index (Phi) is 7.55. The van der Waals surface area contributed by atoms with E-state index in [0.29, 0.717) is 28.3 Å². The Hall–Kier alpha value is -2.51. The lowest BCUT2D eigenvalue weighted by molar-refractivity contribution is -0.118. The molecule has 0 spiro atoms. The van der Waals surface area contributed by atoms with Gasteiger partial charge in [0, 0.05) is 13.6 Å². The fourth-order valence-electron chi connectivity index (χ4n) is 2.76. The Morgan fingerprint density at radius 1 is 1.17 bits per heavy atom. The molecule has 0 saturated carbocycles. The molecule has 0 aliphatic carbocycles. The number of nitrogens with one attached hydrogen (secondary N) is 1. The summed E-state index contributed by atoms with van der Waals surface area (Å²) >= 11 is 7.49.